The van der Waals surface area contributed by atoms with Gasteiger partial charge in [-0.1, -0.05) is 31.2 Å². The summed E-state index contributed by atoms with van der Waals surface area (Å²) in [6.45, 7) is 2.17. The Morgan fingerprint density at radius 1 is 1.35 bits per heavy atom. The van der Waals surface area contributed by atoms with Gasteiger partial charge in [0.2, 0.25) is 5.88 Å². The van der Waals surface area contributed by atoms with Crippen molar-refractivity contribution in [1.82, 2.24) is 9.55 Å². The third-order valence-electron chi connectivity index (χ3n) is 3.98. The van der Waals surface area contributed by atoms with E-state index in [0.29, 0.717) is 13.0 Å². The topological polar surface area (TPSA) is 75.1 Å². The van der Waals surface area contributed by atoms with Crippen LogP contribution in [-0.2, 0) is 19.4 Å². The highest BCUT2D eigenvalue weighted by Crippen LogP contribution is 2.36. The van der Waals surface area contributed by atoms with Crippen LogP contribution in [0.15, 0.2) is 33.9 Å². The smallest absolute Gasteiger partial charge is 0.331 e. The van der Waals surface area contributed by atoms with Crippen molar-refractivity contribution in [3.05, 3.63) is 61.8 Å². The van der Waals surface area contributed by atoms with Gasteiger partial charge in [0, 0.05) is 12.5 Å². The summed E-state index contributed by atoms with van der Waals surface area (Å²) in [4.78, 5) is 25.7. The lowest BCUT2D eigenvalue weighted by Crippen LogP contribution is -2.35. The van der Waals surface area contributed by atoms with E-state index in [1.807, 2.05) is 18.2 Å². The molecule has 1 unspecified atom stereocenters. The number of nitrogens with one attached hydrogen (secondary N) is 1. The van der Waals surface area contributed by atoms with E-state index in [9.17, 15) is 14.7 Å². The Bertz CT molecular complexity index is 773. The fourth-order valence-electron chi connectivity index (χ4n) is 2.83. The molecule has 1 aromatic heterocycles. The quantitative estimate of drug-likeness (QED) is 0.880. The summed E-state index contributed by atoms with van der Waals surface area (Å²) in [7, 11) is 0. The van der Waals surface area contributed by atoms with Gasteiger partial charge in [0.15, 0.2) is 0 Å². The number of rotatable bonds is 3. The van der Waals surface area contributed by atoms with Crippen molar-refractivity contribution in [2.75, 3.05) is 0 Å². The molecule has 3 rings (SSSR count). The standard InChI is InChI=1S/C15H16N2O3/c1-2-11-13(18)16-15(20)17(14(11)19)8-10-7-9-5-3-4-6-12(9)10/h3-6,10,19H,2,7-8H2,1H3,(H,16,18,20). The molecule has 1 heterocycles. The Kier molecular flexibility index (Phi) is 2.97. The van der Waals surface area contributed by atoms with E-state index in [4.69, 9.17) is 0 Å². The highest BCUT2D eigenvalue weighted by atomic mass is 16.3. The number of hydrogen-bond acceptors (Lipinski definition) is 3. The maximum Gasteiger partial charge on any atom is 0.331 e. The second-order valence-electron chi connectivity index (χ2n) is 5.13. The minimum atomic E-state index is -0.547. The summed E-state index contributed by atoms with van der Waals surface area (Å²) in [5, 5.41) is 10.1. The van der Waals surface area contributed by atoms with Crippen LogP contribution in [0.1, 0.15) is 29.5 Å². The summed E-state index contributed by atoms with van der Waals surface area (Å²) >= 11 is 0. The zero-order chi connectivity index (χ0) is 14.3. The van der Waals surface area contributed by atoms with E-state index in [0.717, 1.165) is 6.42 Å². The Morgan fingerprint density at radius 2 is 2.10 bits per heavy atom. The van der Waals surface area contributed by atoms with E-state index < -0.39 is 11.2 Å². The predicted molar refractivity (Wildman–Crippen MR) is 75.3 cm³/mol. The summed E-state index contributed by atoms with van der Waals surface area (Å²) in [5.74, 6) is 0.0102. The Hall–Kier alpha value is -2.30. The molecule has 0 spiro atoms. The van der Waals surface area contributed by atoms with Gasteiger partial charge < -0.3 is 5.11 Å². The number of aromatic nitrogens is 2. The lowest BCUT2D eigenvalue weighted by Gasteiger charge is -2.30. The number of nitrogens with zero attached hydrogens (tertiary/aromatic N) is 1. The van der Waals surface area contributed by atoms with Crippen molar-refractivity contribution in [2.24, 2.45) is 0 Å². The Balaban J connectivity index is 1.98. The van der Waals surface area contributed by atoms with Crippen LogP contribution in [0.2, 0.25) is 0 Å². The molecule has 20 heavy (non-hydrogen) atoms. The average molecular weight is 272 g/mol. The molecule has 0 aliphatic heterocycles. The summed E-state index contributed by atoms with van der Waals surface area (Å²) in [6, 6.07) is 8.07. The van der Waals surface area contributed by atoms with Crippen molar-refractivity contribution in [1.29, 1.82) is 0 Å². The number of fused-ring (bicyclic) bond motifs is 1. The number of aromatic hydroxyl groups is 1. The monoisotopic (exact) mass is 272 g/mol. The van der Waals surface area contributed by atoms with Gasteiger partial charge >= 0.3 is 5.69 Å². The van der Waals surface area contributed by atoms with E-state index in [1.165, 1.54) is 15.7 Å². The SMILES string of the molecule is CCc1c(O)n(CC2Cc3ccccc32)c(=O)[nH]c1=O. The molecule has 0 amide bonds. The Morgan fingerprint density at radius 3 is 2.80 bits per heavy atom. The molecule has 0 saturated carbocycles. The van der Waals surface area contributed by atoms with Crippen molar-refractivity contribution in [3.63, 3.8) is 0 Å². The molecular weight excluding hydrogens is 256 g/mol. The minimum absolute atomic E-state index is 0.203. The third kappa shape index (κ3) is 1.86. The molecule has 0 radical (unpaired) electrons. The van der Waals surface area contributed by atoms with Crippen LogP contribution < -0.4 is 11.2 Å². The van der Waals surface area contributed by atoms with E-state index in [-0.39, 0.29) is 17.4 Å². The van der Waals surface area contributed by atoms with E-state index in [1.54, 1.807) is 6.92 Å². The highest BCUT2D eigenvalue weighted by molar-refractivity contribution is 5.40. The molecular formula is C15H16N2O3. The van der Waals surface area contributed by atoms with Crippen molar-refractivity contribution >= 4 is 0 Å². The van der Waals surface area contributed by atoms with Crippen molar-refractivity contribution in [3.8, 4) is 5.88 Å². The molecule has 0 bridgehead atoms. The van der Waals surface area contributed by atoms with Crippen LogP contribution in [-0.4, -0.2) is 14.7 Å². The lowest BCUT2D eigenvalue weighted by molar-refractivity contribution is 0.371. The molecule has 1 aromatic carbocycles. The van der Waals surface area contributed by atoms with E-state index >= 15 is 0 Å². The largest absolute Gasteiger partial charge is 0.494 e. The zero-order valence-electron chi connectivity index (χ0n) is 11.2. The van der Waals surface area contributed by atoms with Gasteiger partial charge in [0.25, 0.3) is 5.56 Å². The number of hydrogen-bond donors (Lipinski definition) is 2. The molecule has 1 aliphatic carbocycles. The number of H-pyrrole nitrogens is 1. The van der Waals surface area contributed by atoms with Gasteiger partial charge in [-0.25, -0.2) is 4.79 Å². The first-order valence-electron chi connectivity index (χ1n) is 6.74. The number of aromatic amines is 1. The van der Waals surface area contributed by atoms with Gasteiger partial charge in [0.05, 0.1) is 5.56 Å². The van der Waals surface area contributed by atoms with Crippen molar-refractivity contribution < 1.29 is 5.11 Å². The molecule has 0 saturated heterocycles. The third-order valence-corrected chi connectivity index (χ3v) is 3.98. The molecule has 104 valence electrons. The second-order valence-corrected chi connectivity index (χ2v) is 5.13. The average Bonchev–Trinajstić information content (AvgIpc) is 2.39. The van der Waals surface area contributed by atoms with Gasteiger partial charge in [-0.3, -0.25) is 14.3 Å². The van der Waals surface area contributed by atoms with Crippen LogP contribution in [0, 0.1) is 0 Å². The summed E-state index contributed by atoms with van der Waals surface area (Å²) < 4.78 is 1.26. The lowest BCUT2D eigenvalue weighted by atomic mass is 9.77. The summed E-state index contributed by atoms with van der Waals surface area (Å²) in [6.07, 6.45) is 1.28. The molecule has 1 atom stereocenters. The first-order chi connectivity index (χ1) is 9.61. The minimum Gasteiger partial charge on any atom is -0.494 e. The normalized spacial score (nSPS) is 16.6. The van der Waals surface area contributed by atoms with Crippen LogP contribution in [0.25, 0.3) is 0 Å². The van der Waals surface area contributed by atoms with Crippen LogP contribution in [0.3, 0.4) is 0 Å². The highest BCUT2D eigenvalue weighted by Gasteiger charge is 2.27. The van der Waals surface area contributed by atoms with Gasteiger partial charge in [-0.15, -0.1) is 0 Å². The summed E-state index contributed by atoms with van der Waals surface area (Å²) in [5.41, 5.74) is 1.71. The molecule has 5 nitrogen and oxygen atoms in total. The fraction of sp³-hybridized carbons (Fsp3) is 0.333. The molecule has 1 aliphatic rings. The van der Waals surface area contributed by atoms with Crippen LogP contribution in [0.5, 0.6) is 5.88 Å². The molecule has 0 fully saturated rings. The van der Waals surface area contributed by atoms with Crippen molar-refractivity contribution in [2.45, 2.75) is 32.2 Å². The number of benzene rings is 1. The van der Waals surface area contributed by atoms with Gasteiger partial charge in [0.1, 0.15) is 0 Å². The zero-order valence-corrected chi connectivity index (χ0v) is 11.2. The van der Waals surface area contributed by atoms with E-state index in [2.05, 4.69) is 11.1 Å². The Labute approximate surface area is 115 Å². The molecule has 2 N–H and O–H groups in total. The van der Waals surface area contributed by atoms with Crippen LogP contribution in [0.4, 0.5) is 0 Å². The predicted octanol–water partition coefficient (Wildman–Crippen LogP) is 1.14. The second kappa shape index (κ2) is 4.67. The van der Waals surface area contributed by atoms with Crippen LogP contribution >= 0.6 is 0 Å². The molecule has 2 aromatic rings. The fourth-order valence-corrected chi connectivity index (χ4v) is 2.83. The van der Waals surface area contributed by atoms with Gasteiger partial charge in [-0.2, -0.15) is 0 Å². The maximum atomic E-state index is 11.9. The maximum absolute atomic E-state index is 11.9. The molecule has 5 heteroatoms. The van der Waals surface area contributed by atoms with Gasteiger partial charge in [-0.05, 0) is 24.0 Å². The first kappa shape index (κ1) is 12.7. The first-order valence-corrected chi connectivity index (χ1v) is 6.74.